The van der Waals surface area contributed by atoms with Crippen LogP contribution in [0.15, 0.2) is 60.8 Å². The molecule has 1 unspecified atom stereocenters. The van der Waals surface area contributed by atoms with Crippen molar-refractivity contribution in [1.29, 1.82) is 0 Å². The van der Waals surface area contributed by atoms with Crippen molar-refractivity contribution < 1.29 is 61.6 Å². The van der Waals surface area contributed by atoms with Gasteiger partial charge in [0.05, 0.1) is 19.8 Å². The molecule has 4 N–H and O–H groups in total. The SMILES string of the molecule is CCCCC/C=C\C/C=C\C/C=C\C/C=C\C/C=C\CCC(=O)O[C@H](COC(=O)CCCCCCCCCCCCCCC)COP(=O)(O)OC[C@@H](O)COP(=O)(O)O. The molecular weight excluding hydrogens is 798 g/mol. The van der Waals surface area contributed by atoms with Crippen molar-refractivity contribution in [1.82, 2.24) is 0 Å². The van der Waals surface area contributed by atoms with Crippen molar-refractivity contribution in [3.8, 4) is 0 Å². The Morgan fingerprint density at radius 1 is 0.492 bits per heavy atom. The fraction of sp³-hybridized carbons (Fsp3) is 0.727. The van der Waals surface area contributed by atoms with Crippen LogP contribution in [0.2, 0.25) is 0 Å². The van der Waals surface area contributed by atoms with Gasteiger partial charge in [0.25, 0.3) is 0 Å². The van der Waals surface area contributed by atoms with E-state index in [4.69, 9.17) is 23.8 Å². The molecule has 0 aromatic carbocycles. The van der Waals surface area contributed by atoms with Gasteiger partial charge in [0, 0.05) is 12.8 Å². The van der Waals surface area contributed by atoms with Gasteiger partial charge in [0.1, 0.15) is 12.7 Å². The molecule has 0 rings (SSSR count). The van der Waals surface area contributed by atoms with Crippen molar-refractivity contribution in [3.63, 3.8) is 0 Å². The molecule has 0 bridgehead atoms. The van der Waals surface area contributed by atoms with Gasteiger partial charge in [-0.2, -0.15) is 0 Å². The zero-order valence-electron chi connectivity index (χ0n) is 36.1. The average Bonchev–Trinajstić information content (AvgIpc) is 3.19. The predicted molar refractivity (Wildman–Crippen MR) is 234 cm³/mol. The number of allylic oxidation sites excluding steroid dienone is 10. The molecule has 0 aromatic rings. The number of hydrogen-bond acceptors (Lipinski definition) is 10. The zero-order chi connectivity index (χ0) is 43.7. The monoisotopic (exact) mass is 876 g/mol. The molecule has 0 spiro atoms. The number of ether oxygens (including phenoxy) is 2. The molecule has 0 aliphatic heterocycles. The minimum Gasteiger partial charge on any atom is -0.462 e. The fourth-order valence-electron chi connectivity index (χ4n) is 5.57. The standard InChI is InChI=1S/C44H78O13P2/c1-3-5-7-9-11-13-15-17-18-19-20-21-22-24-26-28-30-32-34-36-44(47)57-42(40-56-59(51,52)55-38-41(45)37-54-58(48,49)50)39-53-43(46)35-33-31-29-27-25-23-16-14-12-10-8-6-4-2/h11,13,17-18,20-21,24,26,30,32,41-42,45H,3-10,12,14-16,19,22-23,25,27-29,31,33-40H2,1-2H3,(H,51,52)(H2,48,49,50)/b13-11-,18-17-,21-20-,26-24-,32-30-/t41-,42+/m0/s1. The van der Waals surface area contributed by atoms with Crippen molar-refractivity contribution in [2.45, 2.75) is 180 Å². The molecule has 0 aromatic heterocycles. The van der Waals surface area contributed by atoms with Gasteiger partial charge in [-0.3, -0.25) is 23.2 Å². The highest BCUT2D eigenvalue weighted by Crippen LogP contribution is 2.43. The molecule has 59 heavy (non-hydrogen) atoms. The molecule has 0 fully saturated rings. The number of rotatable bonds is 41. The second kappa shape index (κ2) is 39.9. The highest BCUT2D eigenvalue weighted by Gasteiger charge is 2.28. The Hall–Kier alpha value is -2.18. The Morgan fingerprint density at radius 3 is 1.42 bits per heavy atom. The highest BCUT2D eigenvalue weighted by atomic mass is 31.2. The van der Waals surface area contributed by atoms with Crippen LogP contribution in [0.25, 0.3) is 0 Å². The second-order valence-electron chi connectivity index (χ2n) is 14.6. The van der Waals surface area contributed by atoms with Crippen molar-refractivity contribution in [3.05, 3.63) is 60.8 Å². The van der Waals surface area contributed by atoms with Gasteiger partial charge >= 0.3 is 27.6 Å². The summed E-state index contributed by atoms with van der Waals surface area (Å²) in [5.74, 6) is -1.13. The number of unbranched alkanes of at least 4 members (excludes halogenated alkanes) is 15. The highest BCUT2D eigenvalue weighted by molar-refractivity contribution is 7.47. The number of carbonyl (C=O) groups excluding carboxylic acids is 2. The maximum absolute atomic E-state index is 12.6. The third-order valence-corrected chi connectivity index (χ3v) is 10.3. The summed E-state index contributed by atoms with van der Waals surface area (Å²) in [5, 5.41) is 9.74. The van der Waals surface area contributed by atoms with Crippen LogP contribution in [0, 0.1) is 0 Å². The molecule has 13 nitrogen and oxygen atoms in total. The average molecular weight is 877 g/mol. The Morgan fingerprint density at radius 2 is 0.915 bits per heavy atom. The lowest BCUT2D eigenvalue weighted by molar-refractivity contribution is -0.161. The van der Waals surface area contributed by atoms with Gasteiger partial charge in [-0.1, -0.05) is 164 Å². The lowest BCUT2D eigenvalue weighted by Gasteiger charge is -2.20. The van der Waals surface area contributed by atoms with E-state index in [0.29, 0.717) is 19.3 Å². The van der Waals surface area contributed by atoms with E-state index in [2.05, 4.69) is 65.4 Å². The summed E-state index contributed by atoms with van der Waals surface area (Å²) < 4.78 is 47.7. The van der Waals surface area contributed by atoms with E-state index in [9.17, 15) is 28.7 Å². The van der Waals surface area contributed by atoms with E-state index >= 15 is 0 Å². The van der Waals surface area contributed by atoms with Crippen LogP contribution in [-0.4, -0.2) is 70.4 Å². The smallest absolute Gasteiger partial charge is 0.462 e. The Labute approximate surface area is 355 Å². The van der Waals surface area contributed by atoms with Gasteiger partial charge in [-0.15, -0.1) is 0 Å². The number of aliphatic hydroxyl groups is 1. The molecule has 0 heterocycles. The van der Waals surface area contributed by atoms with E-state index in [1.54, 1.807) is 0 Å². The lowest BCUT2D eigenvalue weighted by Crippen LogP contribution is -2.29. The van der Waals surface area contributed by atoms with Gasteiger partial charge < -0.3 is 29.3 Å². The fourth-order valence-corrected chi connectivity index (χ4v) is 6.72. The summed E-state index contributed by atoms with van der Waals surface area (Å²) in [6.45, 7) is 1.65. The van der Waals surface area contributed by atoms with Gasteiger partial charge in [0.2, 0.25) is 0 Å². The first kappa shape index (κ1) is 56.8. The number of aliphatic hydroxyl groups excluding tert-OH is 1. The van der Waals surface area contributed by atoms with Crippen molar-refractivity contribution in [2.75, 3.05) is 26.4 Å². The summed E-state index contributed by atoms with van der Waals surface area (Å²) in [6.07, 6.45) is 42.3. The summed E-state index contributed by atoms with van der Waals surface area (Å²) in [4.78, 5) is 52.6. The largest absolute Gasteiger partial charge is 0.472 e. The van der Waals surface area contributed by atoms with Crippen molar-refractivity contribution >= 4 is 27.6 Å². The van der Waals surface area contributed by atoms with E-state index in [0.717, 1.165) is 44.9 Å². The van der Waals surface area contributed by atoms with Gasteiger partial charge in [0.15, 0.2) is 6.10 Å². The first-order valence-electron chi connectivity index (χ1n) is 22.0. The normalized spacial score (nSPS) is 14.6. The Kier molecular flexibility index (Phi) is 38.5. The molecule has 0 aliphatic rings. The predicted octanol–water partition coefficient (Wildman–Crippen LogP) is 11.2. The van der Waals surface area contributed by atoms with E-state index in [1.165, 1.54) is 77.0 Å². The van der Waals surface area contributed by atoms with E-state index < -0.39 is 66.2 Å². The van der Waals surface area contributed by atoms with Crippen molar-refractivity contribution in [2.24, 2.45) is 0 Å². The quantitative estimate of drug-likeness (QED) is 0.0196. The molecule has 0 aliphatic carbocycles. The number of phosphoric ester groups is 2. The molecule has 0 saturated heterocycles. The van der Waals surface area contributed by atoms with Gasteiger partial charge in [-0.05, 0) is 51.4 Å². The van der Waals surface area contributed by atoms with Crippen LogP contribution in [0.4, 0.5) is 0 Å². The third kappa shape index (κ3) is 43.7. The number of hydrogen-bond donors (Lipinski definition) is 4. The lowest BCUT2D eigenvalue weighted by atomic mass is 10.0. The maximum atomic E-state index is 12.6. The van der Waals surface area contributed by atoms with Crippen LogP contribution in [0.5, 0.6) is 0 Å². The molecule has 342 valence electrons. The van der Waals surface area contributed by atoms with Crippen LogP contribution in [0.1, 0.15) is 168 Å². The van der Waals surface area contributed by atoms with Crippen LogP contribution >= 0.6 is 15.6 Å². The molecule has 0 saturated carbocycles. The van der Waals surface area contributed by atoms with Crippen LogP contribution in [-0.2, 0) is 41.8 Å². The summed E-state index contributed by atoms with van der Waals surface area (Å²) in [5.41, 5.74) is 0. The van der Waals surface area contributed by atoms with Gasteiger partial charge in [-0.25, -0.2) is 9.13 Å². The number of phosphoric acid groups is 2. The molecule has 0 amide bonds. The number of esters is 2. The zero-order valence-corrected chi connectivity index (χ0v) is 37.9. The maximum Gasteiger partial charge on any atom is 0.472 e. The number of carbonyl (C=O) groups is 2. The summed E-state index contributed by atoms with van der Waals surface area (Å²) in [6, 6.07) is 0. The Balaban J connectivity index is 4.64. The first-order chi connectivity index (χ1) is 28.4. The summed E-state index contributed by atoms with van der Waals surface area (Å²) in [7, 11) is -9.69. The molecule has 0 radical (unpaired) electrons. The summed E-state index contributed by atoms with van der Waals surface area (Å²) >= 11 is 0. The van der Waals surface area contributed by atoms with E-state index in [-0.39, 0.29) is 12.8 Å². The second-order valence-corrected chi connectivity index (χ2v) is 17.3. The third-order valence-electron chi connectivity index (χ3n) is 8.91. The first-order valence-corrected chi connectivity index (χ1v) is 25.0. The molecule has 3 atom stereocenters. The minimum atomic E-state index is -4.87. The van der Waals surface area contributed by atoms with Crippen LogP contribution < -0.4 is 0 Å². The Bertz CT molecular complexity index is 1280. The van der Waals surface area contributed by atoms with E-state index in [1.807, 2.05) is 18.2 Å². The minimum absolute atomic E-state index is 0.00751. The topological polar surface area (TPSA) is 195 Å². The van der Waals surface area contributed by atoms with Crippen LogP contribution in [0.3, 0.4) is 0 Å². The molecular formula is C44H78O13P2. The molecule has 15 heteroatoms.